The van der Waals surface area contributed by atoms with Gasteiger partial charge < -0.3 is 9.05 Å². The molecule has 0 amide bonds. The van der Waals surface area contributed by atoms with Crippen LogP contribution in [-0.4, -0.2) is 19.6 Å². The van der Waals surface area contributed by atoms with E-state index in [9.17, 15) is 28.7 Å². The van der Waals surface area contributed by atoms with E-state index >= 15 is 0 Å². The number of phosphoric ester groups is 2. The summed E-state index contributed by atoms with van der Waals surface area (Å²) in [5.74, 6) is 0.119. The number of hydrogen-bond acceptors (Lipinski definition) is 4. The molecule has 2 aromatic carbocycles. The van der Waals surface area contributed by atoms with Crippen LogP contribution in [0, 0.1) is 0 Å². The Morgan fingerprint density at radius 2 is 0.825 bits per heavy atom. The largest absolute Gasteiger partial charge is 0.524 e. The molecule has 0 atom stereocenters. The molecule has 0 saturated carbocycles. The van der Waals surface area contributed by atoms with Gasteiger partial charge in [-0.2, -0.15) is 0 Å². The van der Waals surface area contributed by atoms with Crippen LogP contribution in [-0.2, 0) is 56.7 Å². The second-order valence-corrected chi connectivity index (χ2v) is 16.7. The van der Waals surface area contributed by atoms with Gasteiger partial charge in [0.1, 0.15) is 11.5 Å². The molecular weight excluding hydrogens is 604 g/mol. The van der Waals surface area contributed by atoms with Crippen LogP contribution in [0.5, 0.6) is 11.5 Å². The van der Waals surface area contributed by atoms with Gasteiger partial charge in [-0.3, -0.25) is 19.6 Å². The standard InChI is InChI=1S/C29H46O8P2.Zn/c1-26(2,3)20-14-18(24(36-38(30,31)32)22(16-20)28(7,8)9)13-19-15-21(27(4,5)6)17-23(29(10,11)12)25(19)37-39(33,34)35;/h14-17H,13H2,1-12H3,(H2,30,31,32)(H2,33,34,35);. The van der Waals surface area contributed by atoms with Crippen LogP contribution in [0.25, 0.3) is 0 Å². The van der Waals surface area contributed by atoms with Gasteiger partial charge in [-0.1, -0.05) is 107 Å². The van der Waals surface area contributed by atoms with Crippen LogP contribution in [0.3, 0.4) is 0 Å². The summed E-state index contributed by atoms with van der Waals surface area (Å²) in [5.41, 5.74) is 2.40. The first-order valence-electron chi connectivity index (χ1n) is 13.0. The van der Waals surface area contributed by atoms with Crippen molar-refractivity contribution in [1.29, 1.82) is 0 Å². The Labute approximate surface area is 252 Å². The number of phosphoric acid groups is 2. The molecule has 2 aromatic rings. The van der Waals surface area contributed by atoms with E-state index in [-0.39, 0.29) is 48.2 Å². The third kappa shape index (κ3) is 10.1. The molecule has 8 nitrogen and oxygen atoms in total. The van der Waals surface area contributed by atoms with E-state index in [0.717, 1.165) is 11.1 Å². The van der Waals surface area contributed by atoms with Crippen LogP contribution < -0.4 is 9.05 Å². The van der Waals surface area contributed by atoms with Gasteiger partial charge in [-0.05, 0) is 43.9 Å². The average molecular weight is 650 g/mol. The van der Waals surface area contributed by atoms with Crippen molar-refractivity contribution in [2.75, 3.05) is 0 Å². The van der Waals surface area contributed by atoms with E-state index in [1.54, 1.807) is 0 Å². The van der Waals surface area contributed by atoms with Crippen molar-refractivity contribution in [3.05, 3.63) is 57.6 Å². The third-order valence-electron chi connectivity index (χ3n) is 6.48. The molecule has 0 bridgehead atoms. The first-order chi connectivity index (χ1) is 17.1. The van der Waals surface area contributed by atoms with Crippen molar-refractivity contribution in [2.45, 2.75) is 111 Å². The van der Waals surface area contributed by atoms with E-state index in [0.29, 0.717) is 22.3 Å². The maximum absolute atomic E-state index is 12.1. The summed E-state index contributed by atoms with van der Waals surface area (Å²) in [6, 6.07) is 7.52. The molecule has 2 rings (SSSR count). The summed E-state index contributed by atoms with van der Waals surface area (Å²) in [7, 11) is -9.89. The molecule has 0 aliphatic carbocycles. The Bertz CT molecular complexity index is 1210. The maximum atomic E-state index is 12.1. The van der Waals surface area contributed by atoms with Crippen molar-refractivity contribution in [2.24, 2.45) is 0 Å². The van der Waals surface area contributed by atoms with Crippen LogP contribution in [0.1, 0.15) is 116 Å². The Morgan fingerprint density at radius 3 is 1.02 bits per heavy atom. The molecule has 0 saturated heterocycles. The van der Waals surface area contributed by atoms with E-state index < -0.39 is 26.5 Å². The molecule has 0 radical (unpaired) electrons. The monoisotopic (exact) mass is 648 g/mol. The molecule has 0 unspecified atom stereocenters. The van der Waals surface area contributed by atoms with E-state index in [4.69, 9.17) is 9.05 Å². The number of hydrogen-bond donors (Lipinski definition) is 4. The Morgan fingerprint density at radius 1 is 0.550 bits per heavy atom. The number of rotatable bonds is 6. The van der Waals surface area contributed by atoms with Crippen LogP contribution >= 0.6 is 15.6 Å². The molecule has 0 aliphatic rings. The summed E-state index contributed by atoms with van der Waals surface area (Å²) < 4.78 is 35.0. The molecule has 0 aliphatic heterocycles. The van der Waals surface area contributed by atoms with Crippen LogP contribution in [0.4, 0.5) is 0 Å². The summed E-state index contributed by atoms with van der Waals surface area (Å²) in [6.07, 6.45) is 0.0602. The summed E-state index contributed by atoms with van der Waals surface area (Å²) >= 11 is 0. The molecule has 4 N–H and O–H groups in total. The number of benzene rings is 2. The van der Waals surface area contributed by atoms with Gasteiger partial charge in [0.05, 0.1) is 0 Å². The van der Waals surface area contributed by atoms with Crippen LogP contribution in [0.15, 0.2) is 24.3 Å². The minimum Gasteiger partial charge on any atom is -0.404 e. The quantitative estimate of drug-likeness (QED) is 0.188. The summed E-state index contributed by atoms with van der Waals surface area (Å²) in [5, 5.41) is 0. The Kier molecular flexibility index (Phi) is 11.0. The summed E-state index contributed by atoms with van der Waals surface area (Å²) in [4.78, 5) is 39.4. The van der Waals surface area contributed by atoms with E-state index in [1.165, 1.54) is 0 Å². The molecule has 0 heterocycles. The fraction of sp³-hybridized carbons (Fsp3) is 0.586. The zero-order valence-corrected chi connectivity index (χ0v) is 30.8. The third-order valence-corrected chi connectivity index (χ3v) is 7.32. The zero-order valence-electron chi connectivity index (χ0n) is 26.0. The Hall–Kier alpha value is -1.04. The molecule has 40 heavy (non-hydrogen) atoms. The predicted octanol–water partition coefficient (Wildman–Crippen LogP) is 7.41. The van der Waals surface area contributed by atoms with Gasteiger partial charge >= 0.3 is 15.6 Å². The Balaban J connectivity index is 0.00000800. The van der Waals surface area contributed by atoms with Crippen molar-refractivity contribution in [3.63, 3.8) is 0 Å². The van der Waals surface area contributed by atoms with E-state index in [2.05, 4.69) is 0 Å². The van der Waals surface area contributed by atoms with Gasteiger partial charge in [0.15, 0.2) is 0 Å². The first-order valence-corrected chi connectivity index (χ1v) is 16.0. The van der Waals surface area contributed by atoms with Crippen molar-refractivity contribution >= 4 is 15.6 Å². The predicted molar refractivity (Wildman–Crippen MR) is 156 cm³/mol. The molecule has 0 fully saturated rings. The molecule has 0 spiro atoms. The minimum atomic E-state index is -4.94. The zero-order chi connectivity index (χ0) is 30.6. The SMILES string of the molecule is CC(C)(C)c1cc(Cc2cc(C(C)(C)C)cc(C(C)(C)C)c2OP(=O)(O)O)c(OP(=O)(O)O)c(C(C)(C)C)c1.[Zn]. The topological polar surface area (TPSA) is 134 Å². The second-order valence-electron chi connectivity index (χ2n) is 14.4. The minimum absolute atomic E-state index is 0. The normalized spacial score (nSPS) is 13.6. The van der Waals surface area contributed by atoms with Crippen molar-refractivity contribution < 1.29 is 57.2 Å². The average Bonchev–Trinajstić information content (AvgIpc) is 2.64. The smallest absolute Gasteiger partial charge is 0.404 e. The molecule has 11 heteroatoms. The van der Waals surface area contributed by atoms with Gasteiger partial charge in [-0.25, -0.2) is 9.13 Å². The fourth-order valence-electron chi connectivity index (χ4n) is 4.28. The fourth-order valence-corrected chi connectivity index (χ4v) is 5.19. The molecule has 0 aromatic heterocycles. The first kappa shape index (κ1) is 37.0. The second kappa shape index (κ2) is 11.9. The summed E-state index contributed by atoms with van der Waals surface area (Å²) in [6.45, 7) is 23.9. The van der Waals surface area contributed by atoms with Gasteiger partial charge in [-0.15, -0.1) is 0 Å². The van der Waals surface area contributed by atoms with Crippen molar-refractivity contribution in [1.82, 2.24) is 0 Å². The molecular formula is C29H46O8P2Zn. The van der Waals surface area contributed by atoms with Crippen molar-refractivity contribution in [3.8, 4) is 11.5 Å². The van der Waals surface area contributed by atoms with Gasteiger partial charge in [0, 0.05) is 37.0 Å². The van der Waals surface area contributed by atoms with Gasteiger partial charge in [0.25, 0.3) is 0 Å². The van der Waals surface area contributed by atoms with Gasteiger partial charge in [0.2, 0.25) is 0 Å². The molecule has 222 valence electrons. The van der Waals surface area contributed by atoms with E-state index in [1.807, 2.05) is 107 Å². The maximum Gasteiger partial charge on any atom is 0.524 e. The van der Waals surface area contributed by atoms with Crippen LogP contribution in [0.2, 0.25) is 0 Å².